The first-order valence-electron chi connectivity index (χ1n) is 5.19. The maximum absolute atomic E-state index is 13.1. The largest absolute Gasteiger partial charge is 0.316 e. The molecule has 2 aromatic rings. The number of benzene rings is 1. The third kappa shape index (κ3) is 2.43. The Hall–Kier alpha value is -1.69. The minimum absolute atomic E-state index is 0.230. The van der Waals surface area contributed by atoms with Crippen LogP contribution in [0.25, 0.3) is 0 Å². The summed E-state index contributed by atoms with van der Waals surface area (Å²) in [5.74, 6) is -0.366. The lowest BCUT2D eigenvalue weighted by atomic mass is 10.2. The normalized spacial score (nSPS) is 10.6. The Kier molecular flexibility index (Phi) is 3.47. The molecule has 6 heteroatoms. The molecule has 2 rings (SSSR count). The Morgan fingerprint density at radius 3 is 2.61 bits per heavy atom. The van der Waals surface area contributed by atoms with Crippen molar-refractivity contribution in [2.75, 3.05) is 0 Å². The Bertz CT molecular complexity index is 706. The first-order chi connectivity index (χ1) is 8.49. The summed E-state index contributed by atoms with van der Waals surface area (Å²) in [5, 5.41) is 0. The van der Waals surface area contributed by atoms with E-state index in [1.54, 1.807) is 12.1 Å². The second-order valence-electron chi connectivity index (χ2n) is 3.90. The molecular formula is C12H10BrFN2O2. The average Bonchev–Trinajstić information content (AvgIpc) is 2.34. The standard InChI is InChI=1S/C12H10BrFN2O2/c1-15-4-5-16(12(18)11(15)17)7-8-2-3-10(14)9(13)6-8/h2-6H,7H2,1H3. The molecule has 1 heterocycles. The fraction of sp³-hybridized carbons (Fsp3) is 0.167. The van der Waals surface area contributed by atoms with Crippen molar-refractivity contribution in [1.82, 2.24) is 9.13 Å². The maximum atomic E-state index is 13.1. The molecule has 0 amide bonds. The Labute approximate surface area is 110 Å². The molecule has 0 saturated heterocycles. The topological polar surface area (TPSA) is 44.0 Å². The van der Waals surface area contributed by atoms with Crippen LogP contribution in [0, 0.1) is 5.82 Å². The van der Waals surface area contributed by atoms with E-state index in [2.05, 4.69) is 15.9 Å². The fourth-order valence-corrected chi connectivity index (χ4v) is 1.97. The van der Waals surface area contributed by atoms with Crippen LogP contribution in [0.5, 0.6) is 0 Å². The molecule has 0 aliphatic carbocycles. The van der Waals surface area contributed by atoms with Crippen molar-refractivity contribution >= 4 is 15.9 Å². The Balaban J connectivity index is 2.41. The molecule has 0 bridgehead atoms. The highest BCUT2D eigenvalue weighted by atomic mass is 79.9. The molecule has 0 saturated carbocycles. The molecule has 1 aromatic carbocycles. The molecule has 0 unspecified atom stereocenters. The van der Waals surface area contributed by atoms with Gasteiger partial charge in [-0.1, -0.05) is 6.07 Å². The van der Waals surface area contributed by atoms with Gasteiger partial charge in [-0.3, -0.25) is 9.59 Å². The van der Waals surface area contributed by atoms with Crippen LogP contribution >= 0.6 is 15.9 Å². The lowest BCUT2D eigenvalue weighted by molar-refractivity contribution is 0.618. The van der Waals surface area contributed by atoms with E-state index in [1.165, 1.54) is 34.6 Å². The third-order valence-corrected chi connectivity index (χ3v) is 3.18. The molecule has 0 fully saturated rings. The van der Waals surface area contributed by atoms with Crippen LogP contribution < -0.4 is 11.1 Å². The maximum Gasteiger partial charge on any atom is 0.316 e. The zero-order valence-electron chi connectivity index (χ0n) is 9.56. The first-order valence-corrected chi connectivity index (χ1v) is 5.98. The van der Waals surface area contributed by atoms with Gasteiger partial charge in [-0.25, -0.2) is 4.39 Å². The lowest BCUT2D eigenvalue weighted by Crippen LogP contribution is -2.39. The SMILES string of the molecule is Cn1ccn(Cc2ccc(F)c(Br)c2)c(=O)c1=O. The summed E-state index contributed by atoms with van der Waals surface area (Å²) in [6.07, 6.45) is 3.04. The molecule has 4 nitrogen and oxygen atoms in total. The zero-order chi connectivity index (χ0) is 13.3. The van der Waals surface area contributed by atoms with E-state index in [0.29, 0.717) is 4.47 Å². The van der Waals surface area contributed by atoms with Gasteiger partial charge in [0.1, 0.15) is 5.82 Å². The molecule has 94 valence electrons. The monoisotopic (exact) mass is 312 g/mol. The number of halogens is 2. The summed E-state index contributed by atoms with van der Waals surface area (Å²) in [7, 11) is 1.52. The van der Waals surface area contributed by atoms with Gasteiger partial charge in [0.05, 0.1) is 11.0 Å². The number of hydrogen-bond donors (Lipinski definition) is 0. The summed E-state index contributed by atoms with van der Waals surface area (Å²) < 4.78 is 15.9. The van der Waals surface area contributed by atoms with E-state index >= 15 is 0 Å². The number of nitrogens with zero attached hydrogens (tertiary/aromatic N) is 2. The highest BCUT2D eigenvalue weighted by molar-refractivity contribution is 9.10. The van der Waals surface area contributed by atoms with Gasteiger partial charge in [-0.2, -0.15) is 0 Å². The highest BCUT2D eigenvalue weighted by Gasteiger charge is 2.05. The van der Waals surface area contributed by atoms with Crippen LogP contribution in [0.1, 0.15) is 5.56 Å². The van der Waals surface area contributed by atoms with Crippen molar-refractivity contribution in [1.29, 1.82) is 0 Å². The number of aromatic nitrogens is 2. The van der Waals surface area contributed by atoms with Gasteiger partial charge < -0.3 is 9.13 Å². The van der Waals surface area contributed by atoms with E-state index in [-0.39, 0.29) is 12.4 Å². The predicted octanol–water partition coefficient (Wildman–Crippen LogP) is 1.50. The molecule has 0 N–H and O–H groups in total. The molecule has 0 aliphatic heterocycles. The van der Waals surface area contributed by atoms with Gasteiger partial charge in [0.2, 0.25) is 0 Å². The van der Waals surface area contributed by atoms with Crippen molar-refractivity contribution in [3.8, 4) is 0 Å². The van der Waals surface area contributed by atoms with Crippen molar-refractivity contribution in [3.05, 3.63) is 67.2 Å². The number of aryl methyl sites for hydroxylation is 1. The quantitative estimate of drug-likeness (QED) is 0.789. The van der Waals surface area contributed by atoms with Gasteiger partial charge in [0, 0.05) is 19.4 Å². The summed E-state index contributed by atoms with van der Waals surface area (Å²) in [6, 6.07) is 4.47. The molecule has 18 heavy (non-hydrogen) atoms. The minimum Gasteiger partial charge on any atom is -0.312 e. The van der Waals surface area contributed by atoms with Crippen molar-refractivity contribution in [2.24, 2.45) is 7.05 Å². The molecule has 0 atom stereocenters. The Morgan fingerprint density at radius 1 is 1.22 bits per heavy atom. The number of hydrogen-bond acceptors (Lipinski definition) is 2. The smallest absolute Gasteiger partial charge is 0.312 e. The molecule has 1 aromatic heterocycles. The fourth-order valence-electron chi connectivity index (χ4n) is 1.55. The van der Waals surface area contributed by atoms with E-state index in [4.69, 9.17) is 0 Å². The summed E-state index contributed by atoms with van der Waals surface area (Å²) in [5.41, 5.74) is -0.447. The third-order valence-electron chi connectivity index (χ3n) is 2.57. The van der Waals surface area contributed by atoms with Gasteiger partial charge in [-0.05, 0) is 33.6 Å². The van der Waals surface area contributed by atoms with Gasteiger partial charge in [0.15, 0.2) is 0 Å². The lowest BCUT2D eigenvalue weighted by Gasteiger charge is -2.07. The predicted molar refractivity (Wildman–Crippen MR) is 69.1 cm³/mol. The van der Waals surface area contributed by atoms with Gasteiger partial charge >= 0.3 is 11.1 Å². The molecule has 0 spiro atoms. The zero-order valence-corrected chi connectivity index (χ0v) is 11.1. The van der Waals surface area contributed by atoms with Gasteiger partial charge in [0.25, 0.3) is 0 Å². The van der Waals surface area contributed by atoms with Gasteiger partial charge in [-0.15, -0.1) is 0 Å². The van der Waals surface area contributed by atoms with Crippen molar-refractivity contribution in [3.63, 3.8) is 0 Å². The van der Waals surface area contributed by atoms with Crippen molar-refractivity contribution < 1.29 is 4.39 Å². The second kappa shape index (κ2) is 4.89. The van der Waals surface area contributed by atoms with Crippen LogP contribution in [0.4, 0.5) is 4.39 Å². The van der Waals surface area contributed by atoms with Crippen LogP contribution in [-0.2, 0) is 13.6 Å². The van der Waals surface area contributed by atoms with Crippen LogP contribution in [0.2, 0.25) is 0 Å². The first kappa shape index (κ1) is 12.8. The molecule has 0 aliphatic rings. The number of rotatable bonds is 2. The van der Waals surface area contributed by atoms with E-state index < -0.39 is 11.1 Å². The van der Waals surface area contributed by atoms with Crippen molar-refractivity contribution in [2.45, 2.75) is 6.54 Å². The highest BCUT2D eigenvalue weighted by Crippen LogP contribution is 2.17. The van der Waals surface area contributed by atoms with Crippen LogP contribution in [-0.4, -0.2) is 9.13 Å². The van der Waals surface area contributed by atoms with Crippen LogP contribution in [0.15, 0.2) is 44.7 Å². The minimum atomic E-state index is -0.597. The summed E-state index contributed by atoms with van der Waals surface area (Å²) in [4.78, 5) is 23.2. The second-order valence-corrected chi connectivity index (χ2v) is 4.75. The van der Waals surface area contributed by atoms with E-state index in [0.717, 1.165) is 5.56 Å². The van der Waals surface area contributed by atoms with E-state index in [1.807, 2.05) is 0 Å². The van der Waals surface area contributed by atoms with Crippen LogP contribution in [0.3, 0.4) is 0 Å². The van der Waals surface area contributed by atoms with E-state index in [9.17, 15) is 14.0 Å². The average molecular weight is 313 g/mol. The Morgan fingerprint density at radius 2 is 1.94 bits per heavy atom. The molecule has 0 radical (unpaired) electrons. The summed E-state index contributed by atoms with van der Waals surface area (Å²) in [6.45, 7) is 0.230. The summed E-state index contributed by atoms with van der Waals surface area (Å²) >= 11 is 3.08. The molecular weight excluding hydrogens is 303 g/mol.